The Morgan fingerprint density at radius 1 is 1.27 bits per heavy atom. The van der Waals surface area contributed by atoms with E-state index in [9.17, 15) is 9.13 Å². The van der Waals surface area contributed by atoms with Crippen LogP contribution in [0.25, 0.3) is 0 Å². The molecule has 9 heteroatoms. The molecule has 0 aliphatic carbocycles. The summed E-state index contributed by atoms with van der Waals surface area (Å²) in [5.41, 5.74) is 0. The van der Waals surface area contributed by atoms with Crippen molar-refractivity contribution in [2.75, 3.05) is 0 Å². The van der Waals surface area contributed by atoms with Crippen LogP contribution in [0.1, 0.15) is 6.92 Å². The van der Waals surface area contributed by atoms with E-state index in [-0.39, 0.29) is 0 Å². The first-order valence-corrected chi connectivity index (χ1v) is 5.27. The van der Waals surface area contributed by atoms with E-state index in [1.54, 1.807) is 0 Å². The number of rotatable bonds is 4. The quantitative estimate of drug-likeness (QED) is 0.415. The van der Waals surface area contributed by atoms with Gasteiger partial charge in [0.1, 0.15) is 0 Å². The predicted octanol–water partition coefficient (Wildman–Crippen LogP) is 0.696. The maximum Gasteiger partial charge on any atom is 0.320 e. The molecule has 0 aliphatic rings. The van der Waals surface area contributed by atoms with Crippen LogP contribution in [-0.2, 0) is 18.2 Å². The molecule has 0 aromatic heterocycles. The molecule has 0 aromatic carbocycles. The largest absolute Gasteiger partial charge is 0.326 e. The van der Waals surface area contributed by atoms with Crippen molar-refractivity contribution < 1.29 is 28.0 Å². The van der Waals surface area contributed by atoms with E-state index in [2.05, 4.69) is 9.05 Å². The number of hydrogen-bond acceptors (Lipinski definition) is 4. The third-order valence-corrected chi connectivity index (χ3v) is 2.08. The van der Waals surface area contributed by atoms with E-state index in [4.69, 9.17) is 21.4 Å². The van der Waals surface area contributed by atoms with Crippen LogP contribution in [0.15, 0.2) is 0 Å². The molecule has 0 heterocycles. The summed E-state index contributed by atoms with van der Waals surface area (Å²) in [4.78, 5) is 16.4. The third-order valence-electron chi connectivity index (χ3n) is 0.539. The third kappa shape index (κ3) is 6.97. The Labute approximate surface area is 69.0 Å². The van der Waals surface area contributed by atoms with Crippen LogP contribution < -0.4 is 0 Å². The fourth-order valence-electron chi connectivity index (χ4n) is 0.333. The molecular formula is C2H7ClO6P2. The van der Waals surface area contributed by atoms with Gasteiger partial charge in [0.25, 0.3) is 5.25 Å². The Balaban J connectivity index is 3.99. The molecule has 2 unspecified atom stereocenters. The first-order valence-electron chi connectivity index (χ1n) is 2.36. The average molecular weight is 224 g/mol. The second kappa shape index (κ2) is 4.58. The highest BCUT2D eigenvalue weighted by atomic mass is 35.5. The highest BCUT2D eigenvalue weighted by Gasteiger charge is 2.26. The number of halogens is 1. The molecule has 0 radical (unpaired) electrons. The second-order valence-corrected chi connectivity index (χ2v) is 3.73. The maximum absolute atomic E-state index is 10.0. The van der Waals surface area contributed by atoms with Gasteiger partial charge in [-0.15, -0.1) is 0 Å². The fraction of sp³-hybridized carbons (Fsp3) is 1.00. The molecule has 2 N–H and O–H groups in total. The fourth-order valence-corrected chi connectivity index (χ4v) is 1.52. The highest BCUT2D eigenvalue weighted by molar-refractivity contribution is 7.33. The van der Waals surface area contributed by atoms with Gasteiger partial charge in [-0.25, -0.2) is 0 Å². The molecule has 0 fully saturated rings. The van der Waals surface area contributed by atoms with Crippen LogP contribution in [0.5, 0.6) is 0 Å². The summed E-state index contributed by atoms with van der Waals surface area (Å²) in [5.74, 6) is 0. The van der Waals surface area contributed by atoms with Crippen LogP contribution in [-0.4, -0.2) is 15.0 Å². The van der Waals surface area contributed by atoms with Gasteiger partial charge in [-0.2, -0.15) is 0 Å². The summed E-state index contributed by atoms with van der Waals surface area (Å²) in [6, 6.07) is 0. The summed E-state index contributed by atoms with van der Waals surface area (Å²) in [5, 5.41) is -2.02. The first kappa shape index (κ1) is 11.6. The second-order valence-electron chi connectivity index (χ2n) is 1.57. The predicted molar refractivity (Wildman–Crippen MR) is 38.9 cm³/mol. The van der Waals surface area contributed by atoms with Gasteiger partial charge in [-0.3, -0.25) is 18.2 Å². The van der Waals surface area contributed by atoms with Crippen molar-refractivity contribution in [2.45, 2.75) is 12.2 Å². The Bertz CT molecular complexity index is 161. The Morgan fingerprint density at radius 3 is 1.73 bits per heavy atom. The topological polar surface area (TPSA) is 93.1 Å². The van der Waals surface area contributed by atoms with Crippen LogP contribution >= 0.6 is 28.1 Å². The lowest BCUT2D eigenvalue weighted by atomic mass is 10.8. The van der Waals surface area contributed by atoms with Crippen molar-refractivity contribution >= 4 is 28.1 Å². The number of alkyl halides is 1. The minimum Gasteiger partial charge on any atom is -0.326 e. The molecule has 0 saturated carbocycles. The van der Waals surface area contributed by atoms with Crippen molar-refractivity contribution in [1.29, 1.82) is 0 Å². The maximum atomic E-state index is 10.0. The van der Waals surface area contributed by atoms with Crippen LogP contribution in [0.4, 0.5) is 0 Å². The Morgan fingerprint density at radius 2 is 1.55 bits per heavy atom. The van der Waals surface area contributed by atoms with Gasteiger partial charge in [0.2, 0.25) is 0 Å². The lowest BCUT2D eigenvalue weighted by molar-refractivity contribution is -0.0233. The van der Waals surface area contributed by atoms with E-state index in [1.807, 2.05) is 0 Å². The smallest absolute Gasteiger partial charge is 0.320 e. The SMILES string of the molecule is CC(Cl)(O[PH](=O)O)O[PH](=O)O. The van der Waals surface area contributed by atoms with Crippen molar-refractivity contribution in [2.24, 2.45) is 0 Å². The Kier molecular flexibility index (Phi) is 4.82. The monoisotopic (exact) mass is 224 g/mol. The molecule has 0 amide bonds. The van der Waals surface area contributed by atoms with Gasteiger partial charge in [-0.1, -0.05) is 11.6 Å². The van der Waals surface area contributed by atoms with Gasteiger partial charge in [0, 0.05) is 6.92 Å². The number of hydrogen-bond donors (Lipinski definition) is 2. The van der Waals surface area contributed by atoms with E-state index < -0.39 is 21.8 Å². The molecule has 0 rings (SSSR count). The minimum absolute atomic E-state index is 1.03. The molecular weight excluding hydrogens is 217 g/mol. The van der Waals surface area contributed by atoms with Gasteiger partial charge in [-0.05, 0) is 0 Å². The summed E-state index contributed by atoms with van der Waals surface area (Å²) < 4.78 is 28.2. The van der Waals surface area contributed by atoms with Crippen LogP contribution in [0.2, 0.25) is 0 Å². The molecule has 2 atom stereocenters. The highest BCUT2D eigenvalue weighted by Crippen LogP contribution is 2.36. The van der Waals surface area contributed by atoms with Crippen LogP contribution in [0.3, 0.4) is 0 Å². The van der Waals surface area contributed by atoms with E-state index in [0.29, 0.717) is 0 Å². The minimum atomic E-state index is -3.28. The van der Waals surface area contributed by atoms with E-state index >= 15 is 0 Å². The molecule has 0 aromatic rings. The molecule has 0 saturated heterocycles. The van der Waals surface area contributed by atoms with Gasteiger partial charge < -0.3 is 9.79 Å². The lowest BCUT2D eigenvalue weighted by Crippen LogP contribution is -2.18. The van der Waals surface area contributed by atoms with Gasteiger partial charge in [0.15, 0.2) is 0 Å². The van der Waals surface area contributed by atoms with Gasteiger partial charge in [0.05, 0.1) is 0 Å². The van der Waals surface area contributed by atoms with Crippen molar-refractivity contribution in [3.63, 3.8) is 0 Å². The molecule has 68 valence electrons. The summed E-state index contributed by atoms with van der Waals surface area (Å²) in [7, 11) is -6.55. The zero-order valence-electron chi connectivity index (χ0n) is 5.41. The van der Waals surface area contributed by atoms with Crippen molar-refractivity contribution in [3.8, 4) is 0 Å². The molecule has 0 aliphatic heterocycles. The lowest BCUT2D eigenvalue weighted by Gasteiger charge is -2.18. The average Bonchev–Trinajstić information content (AvgIpc) is 1.53. The molecule has 11 heavy (non-hydrogen) atoms. The molecule has 6 nitrogen and oxygen atoms in total. The van der Waals surface area contributed by atoms with E-state index in [1.165, 1.54) is 0 Å². The van der Waals surface area contributed by atoms with Gasteiger partial charge >= 0.3 is 16.5 Å². The van der Waals surface area contributed by atoms with Crippen molar-refractivity contribution in [3.05, 3.63) is 0 Å². The standard InChI is InChI=1S/C2H7ClO6P2/c1-2(3,8-10(4)5)9-11(6)7/h10-11H,1H3,(H,4,5)(H,6,7). The van der Waals surface area contributed by atoms with Crippen molar-refractivity contribution in [1.82, 2.24) is 0 Å². The normalized spacial score (nSPS) is 22.2. The van der Waals surface area contributed by atoms with E-state index in [0.717, 1.165) is 6.92 Å². The molecule has 0 spiro atoms. The summed E-state index contributed by atoms with van der Waals surface area (Å²) in [6.07, 6.45) is 0. The molecule has 0 bridgehead atoms. The first-order chi connectivity index (χ1) is 4.83. The van der Waals surface area contributed by atoms with Crippen LogP contribution in [0, 0.1) is 0 Å². The Hall–Kier alpha value is 0.590. The zero-order chi connectivity index (χ0) is 9.07. The summed E-state index contributed by atoms with van der Waals surface area (Å²) in [6.45, 7) is 1.03. The summed E-state index contributed by atoms with van der Waals surface area (Å²) >= 11 is 5.21. The zero-order valence-corrected chi connectivity index (χ0v) is 8.16.